The van der Waals surface area contributed by atoms with Crippen molar-refractivity contribution in [1.82, 2.24) is 0 Å². The van der Waals surface area contributed by atoms with Gasteiger partial charge in [-0.2, -0.15) is 0 Å². The highest BCUT2D eigenvalue weighted by Gasteiger charge is 2.03. The maximum Gasteiger partial charge on any atom is 0.202 e. The molecular weight excluding hydrogens is 112 g/mol. The topological polar surface area (TPSA) is 17.1 Å². The van der Waals surface area contributed by atoms with Crippen molar-refractivity contribution in [3.05, 3.63) is 0 Å². The third-order valence-electron chi connectivity index (χ3n) is 0.614. The lowest BCUT2D eigenvalue weighted by Gasteiger charge is -2.05. The van der Waals surface area contributed by atoms with Crippen molar-refractivity contribution in [2.24, 2.45) is 5.41 Å². The first-order valence-electron chi connectivity index (χ1n) is 2.95. The van der Waals surface area contributed by atoms with E-state index in [9.17, 15) is 4.79 Å². The fraction of sp³-hybridized carbons (Fsp3) is 0.625. The summed E-state index contributed by atoms with van der Waals surface area (Å²) in [4.78, 5) is 10.3. The first kappa shape index (κ1) is 8.23. The molecule has 0 aliphatic heterocycles. The Morgan fingerprint density at radius 3 is 1.89 bits per heavy atom. The van der Waals surface area contributed by atoms with Gasteiger partial charge in [-0.15, -0.1) is 0 Å². The van der Waals surface area contributed by atoms with Crippen molar-refractivity contribution in [2.45, 2.75) is 27.7 Å². The monoisotopic (exact) mass is 124 g/mol. The van der Waals surface area contributed by atoms with E-state index in [-0.39, 0.29) is 11.2 Å². The second kappa shape index (κ2) is 2.68. The van der Waals surface area contributed by atoms with Gasteiger partial charge in [-0.3, -0.25) is 4.79 Å². The lowest BCUT2D eigenvalue weighted by atomic mass is 9.98. The maximum absolute atomic E-state index is 10.3. The summed E-state index contributed by atoms with van der Waals surface area (Å²) in [5, 5.41) is 0. The number of ketones is 1. The fourth-order valence-corrected chi connectivity index (χ4v) is 0.276. The zero-order valence-electron chi connectivity index (χ0n) is 6.41. The molecule has 9 heavy (non-hydrogen) atoms. The molecule has 0 amide bonds. The number of hydrogen-bond acceptors (Lipinski definition) is 1. The summed E-state index contributed by atoms with van der Waals surface area (Å²) < 4.78 is 0. The molecule has 0 rings (SSSR count). The number of carbonyl (C=O) groups is 1. The largest absolute Gasteiger partial charge is 0.285 e. The van der Waals surface area contributed by atoms with E-state index >= 15 is 0 Å². The molecule has 0 spiro atoms. The molecule has 1 heteroatoms. The van der Waals surface area contributed by atoms with Crippen LogP contribution in [0.4, 0.5) is 0 Å². The molecule has 0 bridgehead atoms. The summed E-state index contributed by atoms with van der Waals surface area (Å²) in [5.74, 6) is 5.25. The molecule has 0 unspecified atom stereocenters. The highest BCUT2D eigenvalue weighted by molar-refractivity contribution is 5.93. The molecule has 0 aromatic rings. The van der Waals surface area contributed by atoms with Crippen molar-refractivity contribution in [1.29, 1.82) is 0 Å². The molecule has 0 fully saturated rings. The summed E-state index contributed by atoms with van der Waals surface area (Å²) in [7, 11) is 0. The van der Waals surface area contributed by atoms with E-state index in [4.69, 9.17) is 0 Å². The molecule has 0 aromatic carbocycles. The van der Waals surface area contributed by atoms with Gasteiger partial charge < -0.3 is 0 Å². The van der Waals surface area contributed by atoms with Crippen LogP contribution in [0.2, 0.25) is 0 Å². The molecule has 50 valence electrons. The average Bonchev–Trinajstić information content (AvgIpc) is 1.59. The van der Waals surface area contributed by atoms with Crippen molar-refractivity contribution >= 4 is 5.78 Å². The van der Waals surface area contributed by atoms with Crippen molar-refractivity contribution in [3.63, 3.8) is 0 Å². The lowest BCUT2D eigenvalue weighted by molar-refractivity contribution is -0.111. The number of carbonyl (C=O) groups excluding carboxylic acids is 1. The van der Waals surface area contributed by atoms with Gasteiger partial charge in [-0.05, 0) is 26.7 Å². The van der Waals surface area contributed by atoms with E-state index < -0.39 is 0 Å². The normalized spacial score (nSPS) is 9.78. The summed E-state index contributed by atoms with van der Waals surface area (Å²) in [6.07, 6.45) is 0. The molecule has 1 nitrogen and oxygen atoms in total. The van der Waals surface area contributed by atoms with E-state index in [2.05, 4.69) is 11.8 Å². The van der Waals surface area contributed by atoms with Gasteiger partial charge in [-0.1, -0.05) is 5.92 Å². The van der Waals surface area contributed by atoms with Crippen LogP contribution in [0, 0.1) is 17.3 Å². The molecular formula is C8H12O. The second-order valence-corrected chi connectivity index (χ2v) is 3.06. The van der Waals surface area contributed by atoms with E-state index in [1.54, 1.807) is 0 Å². The number of hydrogen-bond donors (Lipinski definition) is 0. The fourth-order valence-electron chi connectivity index (χ4n) is 0.276. The molecule has 0 radical (unpaired) electrons. The molecule has 0 aromatic heterocycles. The smallest absolute Gasteiger partial charge is 0.202 e. The minimum Gasteiger partial charge on any atom is -0.285 e. The van der Waals surface area contributed by atoms with Crippen LogP contribution in [-0.2, 0) is 4.79 Å². The standard InChI is InChI=1S/C8H12O/c1-7(9)5-6-8(2,3)4/h1-4H3. The Kier molecular flexibility index (Phi) is 2.45. The van der Waals surface area contributed by atoms with Gasteiger partial charge in [0.15, 0.2) is 0 Å². The van der Waals surface area contributed by atoms with Crippen LogP contribution < -0.4 is 0 Å². The molecule has 0 atom stereocenters. The quantitative estimate of drug-likeness (QED) is 0.354. The molecule has 0 N–H and O–H groups in total. The van der Waals surface area contributed by atoms with Gasteiger partial charge in [-0.25, -0.2) is 0 Å². The summed E-state index contributed by atoms with van der Waals surface area (Å²) in [6, 6.07) is 0. The van der Waals surface area contributed by atoms with E-state index in [0.29, 0.717) is 0 Å². The predicted molar refractivity (Wildman–Crippen MR) is 37.9 cm³/mol. The molecule has 0 aliphatic rings. The van der Waals surface area contributed by atoms with Gasteiger partial charge in [0.1, 0.15) is 0 Å². The van der Waals surface area contributed by atoms with Gasteiger partial charge in [0, 0.05) is 12.3 Å². The Labute approximate surface area is 56.5 Å². The van der Waals surface area contributed by atoms with Crippen molar-refractivity contribution in [2.75, 3.05) is 0 Å². The summed E-state index contributed by atoms with van der Waals surface area (Å²) in [5.41, 5.74) is -0.0499. The van der Waals surface area contributed by atoms with Crippen LogP contribution in [0.5, 0.6) is 0 Å². The van der Waals surface area contributed by atoms with Crippen LogP contribution in [-0.4, -0.2) is 5.78 Å². The summed E-state index contributed by atoms with van der Waals surface area (Å²) in [6.45, 7) is 7.40. The number of rotatable bonds is 0. The van der Waals surface area contributed by atoms with Crippen molar-refractivity contribution < 1.29 is 4.79 Å². The van der Waals surface area contributed by atoms with Gasteiger partial charge in [0.05, 0.1) is 0 Å². The Morgan fingerprint density at radius 1 is 1.33 bits per heavy atom. The molecule has 0 aliphatic carbocycles. The molecule has 0 heterocycles. The second-order valence-electron chi connectivity index (χ2n) is 3.06. The zero-order valence-corrected chi connectivity index (χ0v) is 6.41. The van der Waals surface area contributed by atoms with Crippen LogP contribution in [0.15, 0.2) is 0 Å². The van der Waals surface area contributed by atoms with E-state index in [1.165, 1.54) is 6.92 Å². The predicted octanol–water partition coefficient (Wildman–Crippen LogP) is 1.62. The maximum atomic E-state index is 10.3. The van der Waals surface area contributed by atoms with E-state index in [0.717, 1.165) is 0 Å². The Balaban J connectivity index is 4.04. The SMILES string of the molecule is CC(=O)C#CC(C)(C)C. The lowest BCUT2D eigenvalue weighted by Crippen LogP contribution is -2.00. The van der Waals surface area contributed by atoms with Crippen LogP contribution in [0.1, 0.15) is 27.7 Å². The Hall–Kier alpha value is -0.770. The first-order valence-corrected chi connectivity index (χ1v) is 2.95. The molecule has 0 saturated carbocycles. The van der Waals surface area contributed by atoms with Gasteiger partial charge in [0.25, 0.3) is 0 Å². The molecule has 0 saturated heterocycles. The van der Waals surface area contributed by atoms with Crippen LogP contribution >= 0.6 is 0 Å². The third kappa shape index (κ3) is 7.23. The highest BCUT2D eigenvalue weighted by atomic mass is 16.1. The van der Waals surface area contributed by atoms with Crippen molar-refractivity contribution in [3.8, 4) is 11.8 Å². The minimum absolute atomic E-state index is 0.0499. The van der Waals surface area contributed by atoms with Crippen LogP contribution in [0.3, 0.4) is 0 Å². The zero-order chi connectivity index (χ0) is 7.49. The summed E-state index contributed by atoms with van der Waals surface area (Å²) >= 11 is 0. The Morgan fingerprint density at radius 2 is 1.78 bits per heavy atom. The van der Waals surface area contributed by atoms with Gasteiger partial charge in [0.2, 0.25) is 5.78 Å². The van der Waals surface area contributed by atoms with Gasteiger partial charge >= 0.3 is 0 Å². The van der Waals surface area contributed by atoms with E-state index in [1.807, 2.05) is 20.8 Å². The highest BCUT2D eigenvalue weighted by Crippen LogP contribution is 2.09. The average molecular weight is 124 g/mol. The minimum atomic E-state index is -0.0649. The van der Waals surface area contributed by atoms with Crippen LogP contribution in [0.25, 0.3) is 0 Å². The Bertz CT molecular complexity index is 161. The first-order chi connectivity index (χ1) is 3.92. The number of Topliss-reactive ketones (excluding diaryl/α,β-unsaturated/α-hetero) is 1. The third-order valence-corrected chi connectivity index (χ3v) is 0.614.